The maximum atomic E-state index is 12.8. The van der Waals surface area contributed by atoms with Crippen molar-refractivity contribution >= 4 is 17.8 Å². The smallest absolute Gasteiger partial charge is 0.320 e. The molecule has 2 aliphatic rings. The molecule has 3 amide bonds. The molecule has 2 aliphatic heterocycles. The fraction of sp³-hybridized carbons (Fsp3) is 0.722. The van der Waals surface area contributed by atoms with E-state index in [1.165, 1.54) is 0 Å². The van der Waals surface area contributed by atoms with E-state index in [1.807, 2.05) is 20.8 Å². The van der Waals surface area contributed by atoms with Gasteiger partial charge in [-0.2, -0.15) is 0 Å². The van der Waals surface area contributed by atoms with Crippen molar-refractivity contribution in [2.45, 2.75) is 51.5 Å². The van der Waals surface area contributed by atoms with Crippen LogP contribution < -0.4 is 5.32 Å². The molecule has 26 heavy (non-hydrogen) atoms. The minimum absolute atomic E-state index is 0.0799. The number of urea groups is 1. The predicted octanol–water partition coefficient (Wildman–Crippen LogP) is 2.22. The van der Waals surface area contributed by atoms with Crippen LogP contribution in [0.25, 0.3) is 0 Å². The Morgan fingerprint density at radius 1 is 1.19 bits per heavy atom. The molecule has 1 N–H and O–H groups in total. The number of morpholine rings is 1. The summed E-state index contributed by atoms with van der Waals surface area (Å²) in [5.41, 5.74) is -0.181. The molecule has 0 aromatic carbocycles. The third kappa shape index (κ3) is 4.17. The highest BCUT2D eigenvalue weighted by Crippen LogP contribution is 2.25. The largest absolute Gasteiger partial charge is 0.378 e. The van der Waals surface area contributed by atoms with Gasteiger partial charge in [-0.15, -0.1) is 0 Å². The van der Waals surface area contributed by atoms with Crippen molar-refractivity contribution in [3.8, 4) is 0 Å². The Bertz CT molecular complexity index is 646. The minimum Gasteiger partial charge on any atom is -0.378 e. The third-order valence-corrected chi connectivity index (χ3v) is 4.83. The molecule has 0 aliphatic carbocycles. The highest BCUT2D eigenvalue weighted by molar-refractivity contribution is 5.96. The number of amides is 3. The fourth-order valence-corrected chi connectivity index (χ4v) is 3.27. The molecule has 2 saturated heterocycles. The molecule has 2 fully saturated rings. The van der Waals surface area contributed by atoms with Gasteiger partial charge in [-0.3, -0.25) is 4.79 Å². The highest BCUT2D eigenvalue weighted by Gasteiger charge is 2.35. The van der Waals surface area contributed by atoms with Gasteiger partial charge in [0, 0.05) is 31.1 Å². The summed E-state index contributed by atoms with van der Waals surface area (Å²) in [5.74, 6) is 0.891. The van der Waals surface area contributed by atoms with Gasteiger partial charge in [0.05, 0.1) is 13.2 Å². The second-order valence-corrected chi connectivity index (χ2v) is 7.90. The summed E-state index contributed by atoms with van der Waals surface area (Å²) in [7, 11) is 0. The Kier molecular flexibility index (Phi) is 5.50. The molecule has 0 spiro atoms. The van der Waals surface area contributed by atoms with Crippen molar-refractivity contribution in [1.29, 1.82) is 0 Å². The third-order valence-electron chi connectivity index (χ3n) is 4.83. The van der Waals surface area contributed by atoms with Gasteiger partial charge in [0.15, 0.2) is 5.82 Å². The van der Waals surface area contributed by atoms with Crippen LogP contribution in [0.4, 0.5) is 10.6 Å². The van der Waals surface area contributed by atoms with Crippen LogP contribution in [0, 0.1) is 0 Å². The first-order valence-electron chi connectivity index (χ1n) is 9.27. The van der Waals surface area contributed by atoms with Crippen LogP contribution in [-0.2, 0) is 14.9 Å². The number of hydrogen-bond acceptors (Lipinski definition) is 5. The van der Waals surface area contributed by atoms with Gasteiger partial charge in [-0.05, 0) is 19.3 Å². The fourth-order valence-electron chi connectivity index (χ4n) is 3.27. The Morgan fingerprint density at radius 3 is 2.58 bits per heavy atom. The summed E-state index contributed by atoms with van der Waals surface area (Å²) >= 11 is 0. The molecule has 1 aromatic rings. The molecule has 0 radical (unpaired) electrons. The van der Waals surface area contributed by atoms with E-state index in [-0.39, 0.29) is 17.4 Å². The van der Waals surface area contributed by atoms with Gasteiger partial charge in [0.1, 0.15) is 11.8 Å². The van der Waals surface area contributed by atoms with E-state index in [4.69, 9.17) is 9.26 Å². The first-order valence-corrected chi connectivity index (χ1v) is 9.27. The van der Waals surface area contributed by atoms with E-state index < -0.39 is 6.04 Å². The van der Waals surface area contributed by atoms with Gasteiger partial charge < -0.3 is 24.4 Å². The van der Waals surface area contributed by atoms with Crippen LogP contribution >= 0.6 is 0 Å². The molecule has 0 saturated carbocycles. The van der Waals surface area contributed by atoms with E-state index in [0.717, 1.165) is 12.8 Å². The van der Waals surface area contributed by atoms with Gasteiger partial charge in [0.2, 0.25) is 5.91 Å². The topological polar surface area (TPSA) is 87.9 Å². The lowest BCUT2D eigenvalue weighted by Gasteiger charge is -2.39. The van der Waals surface area contributed by atoms with E-state index in [1.54, 1.807) is 15.9 Å². The van der Waals surface area contributed by atoms with E-state index >= 15 is 0 Å². The Balaban J connectivity index is 1.67. The Morgan fingerprint density at radius 2 is 1.92 bits per heavy atom. The lowest BCUT2D eigenvalue weighted by atomic mass is 9.93. The first-order chi connectivity index (χ1) is 12.4. The average Bonchev–Trinajstić information content (AvgIpc) is 3.11. The van der Waals surface area contributed by atoms with Gasteiger partial charge >= 0.3 is 6.03 Å². The van der Waals surface area contributed by atoms with Crippen LogP contribution in [0.1, 0.15) is 45.8 Å². The van der Waals surface area contributed by atoms with Crippen LogP contribution in [-0.4, -0.2) is 65.8 Å². The molecule has 3 heterocycles. The summed E-state index contributed by atoms with van der Waals surface area (Å²) in [4.78, 5) is 29.1. The van der Waals surface area contributed by atoms with Crippen molar-refractivity contribution < 1.29 is 18.8 Å². The Labute approximate surface area is 153 Å². The monoisotopic (exact) mass is 364 g/mol. The molecular weight excluding hydrogens is 336 g/mol. The number of anilines is 1. The van der Waals surface area contributed by atoms with E-state index in [2.05, 4.69) is 10.5 Å². The molecule has 8 heteroatoms. The second-order valence-electron chi connectivity index (χ2n) is 7.90. The molecule has 144 valence electrons. The number of nitrogens with one attached hydrogen (secondary N) is 1. The normalized spacial score (nSPS) is 21.6. The number of nitrogens with zero attached hydrogens (tertiary/aromatic N) is 3. The molecular formula is C18H28N4O4. The van der Waals surface area contributed by atoms with Crippen molar-refractivity contribution in [2.75, 3.05) is 38.2 Å². The van der Waals surface area contributed by atoms with E-state index in [0.29, 0.717) is 50.8 Å². The Hall–Kier alpha value is -2.09. The highest BCUT2D eigenvalue weighted by atomic mass is 16.5. The maximum Gasteiger partial charge on any atom is 0.320 e. The summed E-state index contributed by atoms with van der Waals surface area (Å²) in [5, 5.41) is 6.75. The number of ether oxygens (including phenoxy) is 1. The van der Waals surface area contributed by atoms with Gasteiger partial charge in [0.25, 0.3) is 0 Å². The van der Waals surface area contributed by atoms with Gasteiger partial charge in [-0.1, -0.05) is 25.9 Å². The second kappa shape index (κ2) is 7.65. The summed E-state index contributed by atoms with van der Waals surface area (Å²) in [6, 6.07) is 1.19. The number of rotatable bonds is 2. The number of likely N-dealkylation sites (tertiary alicyclic amines) is 1. The quantitative estimate of drug-likeness (QED) is 0.869. The van der Waals surface area contributed by atoms with Crippen molar-refractivity contribution in [2.24, 2.45) is 0 Å². The van der Waals surface area contributed by atoms with Crippen molar-refractivity contribution in [1.82, 2.24) is 15.0 Å². The predicted molar refractivity (Wildman–Crippen MR) is 96.0 cm³/mol. The number of carbonyl (C=O) groups excluding carboxylic acids is 2. The average molecular weight is 364 g/mol. The SMILES string of the molecule is CC(C)(C)c1cc(NC(=O)[C@@H]2CCCCN2C(=O)N2CCOCC2)no1. The van der Waals surface area contributed by atoms with Crippen LogP contribution in [0.2, 0.25) is 0 Å². The van der Waals surface area contributed by atoms with Crippen LogP contribution in [0.5, 0.6) is 0 Å². The molecule has 0 bridgehead atoms. The zero-order valence-electron chi connectivity index (χ0n) is 15.8. The number of aromatic nitrogens is 1. The number of piperidine rings is 1. The molecule has 1 atom stereocenters. The lowest BCUT2D eigenvalue weighted by molar-refractivity contribution is -0.121. The summed E-state index contributed by atoms with van der Waals surface area (Å²) in [6.07, 6.45) is 2.50. The van der Waals surface area contributed by atoms with Crippen molar-refractivity contribution in [3.05, 3.63) is 11.8 Å². The zero-order chi connectivity index (χ0) is 18.7. The van der Waals surface area contributed by atoms with Crippen molar-refractivity contribution in [3.63, 3.8) is 0 Å². The van der Waals surface area contributed by atoms with Crippen LogP contribution in [0.3, 0.4) is 0 Å². The molecule has 3 rings (SSSR count). The van der Waals surface area contributed by atoms with E-state index in [9.17, 15) is 9.59 Å². The molecule has 0 unspecified atom stereocenters. The molecule has 8 nitrogen and oxygen atoms in total. The number of hydrogen-bond donors (Lipinski definition) is 1. The summed E-state index contributed by atoms with van der Waals surface area (Å²) < 4.78 is 10.6. The lowest BCUT2D eigenvalue weighted by Crippen LogP contribution is -2.56. The van der Waals surface area contributed by atoms with Crippen LogP contribution in [0.15, 0.2) is 10.6 Å². The van der Waals surface area contributed by atoms with Gasteiger partial charge in [-0.25, -0.2) is 4.79 Å². The number of carbonyl (C=O) groups is 2. The minimum atomic E-state index is -0.478. The maximum absolute atomic E-state index is 12.8. The first kappa shape index (κ1) is 18.7. The molecule has 1 aromatic heterocycles. The standard InChI is InChI=1S/C18H28N4O4/c1-18(2,3)14-12-15(20-26-14)19-16(23)13-6-4-5-7-22(13)17(24)21-8-10-25-11-9-21/h12-13H,4-11H2,1-3H3,(H,19,20,23)/t13-/m0/s1. The summed E-state index contributed by atoms with van der Waals surface area (Å²) in [6.45, 7) is 8.88. The zero-order valence-corrected chi connectivity index (χ0v) is 15.8.